The van der Waals surface area contributed by atoms with Gasteiger partial charge in [-0.1, -0.05) is 13.8 Å². The minimum atomic E-state index is -4.81. The van der Waals surface area contributed by atoms with Gasteiger partial charge in [-0.25, -0.2) is 4.79 Å². The standard InChI is InChI=1S/C15H20F3NO3/c1-5-22-13(20)14(10(2)3,15(16,17)18)19-11-6-8-12(21-4)9-7-11/h6-10,19H,5H2,1-4H3/t14-/m1/s1. The van der Waals surface area contributed by atoms with Gasteiger partial charge in [0.25, 0.3) is 0 Å². The number of esters is 1. The van der Waals surface area contributed by atoms with Crippen LogP contribution in [0.3, 0.4) is 0 Å². The van der Waals surface area contributed by atoms with Crippen LogP contribution < -0.4 is 10.1 Å². The first-order valence-electron chi connectivity index (χ1n) is 6.85. The highest BCUT2D eigenvalue weighted by Gasteiger charge is 2.63. The monoisotopic (exact) mass is 319 g/mol. The fourth-order valence-corrected chi connectivity index (χ4v) is 2.09. The molecule has 7 heteroatoms. The van der Waals surface area contributed by atoms with Gasteiger partial charge >= 0.3 is 12.1 Å². The zero-order chi connectivity index (χ0) is 17.0. The number of methoxy groups -OCH3 is 1. The molecule has 1 atom stereocenters. The van der Waals surface area contributed by atoms with Gasteiger partial charge in [-0.05, 0) is 37.1 Å². The van der Waals surface area contributed by atoms with Crippen LogP contribution in [0.5, 0.6) is 5.75 Å². The molecule has 0 radical (unpaired) electrons. The first-order chi connectivity index (χ1) is 10.2. The number of hydrogen-bond acceptors (Lipinski definition) is 4. The van der Waals surface area contributed by atoms with Crippen LogP contribution in [-0.4, -0.2) is 31.4 Å². The van der Waals surface area contributed by atoms with Gasteiger partial charge in [0.05, 0.1) is 13.7 Å². The lowest BCUT2D eigenvalue weighted by atomic mass is 9.85. The smallest absolute Gasteiger partial charge is 0.422 e. The second kappa shape index (κ2) is 6.89. The first-order valence-corrected chi connectivity index (χ1v) is 6.85. The lowest BCUT2D eigenvalue weighted by Gasteiger charge is -2.38. The van der Waals surface area contributed by atoms with Gasteiger partial charge in [0, 0.05) is 5.69 Å². The van der Waals surface area contributed by atoms with Crippen LogP contribution in [0.15, 0.2) is 24.3 Å². The summed E-state index contributed by atoms with van der Waals surface area (Å²) in [6.45, 7) is 3.97. The zero-order valence-electron chi connectivity index (χ0n) is 13.0. The average molecular weight is 319 g/mol. The molecule has 0 fully saturated rings. The molecule has 0 aliphatic rings. The van der Waals surface area contributed by atoms with Crippen molar-refractivity contribution in [3.05, 3.63) is 24.3 Å². The number of rotatable bonds is 6. The van der Waals surface area contributed by atoms with Crippen LogP contribution in [0, 0.1) is 5.92 Å². The molecule has 0 spiro atoms. The molecule has 0 heterocycles. The van der Waals surface area contributed by atoms with Gasteiger partial charge in [-0.3, -0.25) is 0 Å². The van der Waals surface area contributed by atoms with Crippen LogP contribution in [0.4, 0.5) is 18.9 Å². The van der Waals surface area contributed by atoms with E-state index >= 15 is 0 Å². The van der Waals surface area contributed by atoms with E-state index < -0.39 is 23.6 Å². The van der Waals surface area contributed by atoms with Gasteiger partial charge in [0.15, 0.2) is 0 Å². The van der Waals surface area contributed by atoms with Crippen LogP contribution in [0.1, 0.15) is 20.8 Å². The van der Waals surface area contributed by atoms with Crippen LogP contribution >= 0.6 is 0 Å². The molecule has 0 amide bonds. The number of alkyl halides is 3. The molecule has 0 saturated heterocycles. The largest absolute Gasteiger partial charge is 0.497 e. The summed E-state index contributed by atoms with van der Waals surface area (Å²) in [6, 6.07) is 5.85. The van der Waals surface area contributed by atoms with Crippen molar-refractivity contribution in [1.82, 2.24) is 0 Å². The van der Waals surface area contributed by atoms with E-state index in [0.717, 1.165) is 0 Å². The van der Waals surface area contributed by atoms with Gasteiger partial charge < -0.3 is 14.8 Å². The fraction of sp³-hybridized carbons (Fsp3) is 0.533. The third-order valence-corrected chi connectivity index (χ3v) is 3.34. The van der Waals surface area contributed by atoms with E-state index in [1.807, 2.05) is 0 Å². The number of carbonyl (C=O) groups is 1. The van der Waals surface area contributed by atoms with Crippen molar-refractivity contribution in [2.75, 3.05) is 19.0 Å². The molecule has 0 unspecified atom stereocenters. The van der Waals surface area contributed by atoms with Crippen molar-refractivity contribution < 1.29 is 27.4 Å². The number of hydrogen-bond donors (Lipinski definition) is 1. The minimum absolute atomic E-state index is 0.131. The van der Waals surface area contributed by atoms with Crippen molar-refractivity contribution in [1.29, 1.82) is 0 Å². The van der Waals surface area contributed by atoms with Crippen LogP contribution in [-0.2, 0) is 9.53 Å². The highest BCUT2D eigenvalue weighted by molar-refractivity contribution is 5.86. The number of anilines is 1. The maximum Gasteiger partial charge on any atom is 0.422 e. The lowest BCUT2D eigenvalue weighted by Crippen LogP contribution is -2.62. The summed E-state index contributed by atoms with van der Waals surface area (Å²) in [4.78, 5) is 12.1. The highest BCUT2D eigenvalue weighted by Crippen LogP contribution is 2.40. The van der Waals surface area contributed by atoms with E-state index in [1.54, 1.807) is 0 Å². The van der Waals surface area contributed by atoms with Crippen molar-refractivity contribution in [2.45, 2.75) is 32.5 Å². The quantitative estimate of drug-likeness (QED) is 0.814. The molecule has 1 N–H and O–H groups in total. The summed E-state index contributed by atoms with van der Waals surface area (Å²) in [7, 11) is 1.45. The Kier molecular flexibility index (Phi) is 5.68. The van der Waals surface area contributed by atoms with E-state index in [1.165, 1.54) is 52.1 Å². The van der Waals surface area contributed by atoms with E-state index in [-0.39, 0.29) is 12.3 Å². The molecule has 1 aromatic carbocycles. The van der Waals surface area contributed by atoms with E-state index in [2.05, 4.69) is 10.1 Å². The highest BCUT2D eigenvalue weighted by atomic mass is 19.4. The molecule has 1 rings (SSSR count). The van der Waals surface area contributed by atoms with E-state index in [4.69, 9.17) is 4.74 Å². The minimum Gasteiger partial charge on any atom is -0.497 e. The Bertz CT molecular complexity index is 500. The van der Waals surface area contributed by atoms with Gasteiger partial charge in [-0.15, -0.1) is 0 Å². The maximum absolute atomic E-state index is 13.6. The summed E-state index contributed by atoms with van der Waals surface area (Å²) < 4.78 is 50.6. The summed E-state index contributed by atoms with van der Waals surface area (Å²) in [6.07, 6.45) is -4.81. The third-order valence-electron chi connectivity index (χ3n) is 3.34. The van der Waals surface area contributed by atoms with Crippen molar-refractivity contribution >= 4 is 11.7 Å². The second-order valence-corrected chi connectivity index (χ2v) is 5.03. The molecule has 4 nitrogen and oxygen atoms in total. The van der Waals surface area contributed by atoms with E-state index in [9.17, 15) is 18.0 Å². The first kappa shape index (κ1) is 18.1. The van der Waals surface area contributed by atoms with Crippen LogP contribution in [0.2, 0.25) is 0 Å². The normalized spacial score (nSPS) is 14.4. The SMILES string of the molecule is CCOC(=O)[C@](Nc1ccc(OC)cc1)(C(C)C)C(F)(F)F. The molecule has 124 valence electrons. The lowest BCUT2D eigenvalue weighted by molar-refractivity contribution is -0.208. The van der Waals surface area contributed by atoms with Gasteiger partial charge in [0.1, 0.15) is 5.75 Å². The fourth-order valence-electron chi connectivity index (χ4n) is 2.09. The molecule has 1 aromatic rings. The molecule has 0 bridgehead atoms. The average Bonchev–Trinajstić information content (AvgIpc) is 2.43. The molecule has 0 aliphatic heterocycles. The predicted octanol–water partition coefficient (Wildman–Crippen LogP) is 3.63. The number of carbonyl (C=O) groups excluding carboxylic acids is 1. The Balaban J connectivity index is 3.26. The van der Waals surface area contributed by atoms with Crippen molar-refractivity contribution in [2.24, 2.45) is 5.92 Å². The van der Waals surface area contributed by atoms with Crippen molar-refractivity contribution in [3.8, 4) is 5.75 Å². The summed E-state index contributed by atoms with van der Waals surface area (Å²) in [5, 5.41) is 2.31. The third kappa shape index (κ3) is 3.45. The molecular formula is C15H20F3NO3. The summed E-state index contributed by atoms with van der Waals surface area (Å²) in [5.74, 6) is -1.90. The topological polar surface area (TPSA) is 47.6 Å². The molecule has 0 saturated carbocycles. The summed E-state index contributed by atoms with van der Waals surface area (Å²) >= 11 is 0. The van der Waals surface area contributed by atoms with Crippen molar-refractivity contribution in [3.63, 3.8) is 0 Å². The Morgan fingerprint density at radius 2 is 1.77 bits per heavy atom. The number of benzene rings is 1. The number of nitrogens with one attached hydrogen (secondary N) is 1. The Hall–Kier alpha value is -1.92. The maximum atomic E-state index is 13.6. The second-order valence-electron chi connectivity index (χ2n) is 5.03. The van der Waals surface area contributed by atoms with Crippen LogP contribution in [0.25, 0.3) is 0 Å². The Morgan fingerprint density at radius 3 is 2.14 bits per heavy atom. The number of halogens is 3. The molecule has 22 heavy (non-hydrogen) atoms. The van der Waals surface area contributed by atoms with Gasteiger partial charge in [-0.2, -0.15) is 13.2 Å². The number of ether oxygens (including phenoxy) is 2. The zero-order valence-corrected chi connectivity index (χ0v) is 13.0. The van der Waals surface area contributed by atoms with Gasteiger partial charge in [0.2, 0.25) is 5.54 Å². The Morgan fingerprint density at radius 1 is 1.23 bits per heavy atom. The predicted molar refractivity (Wildman–Crippen MR) is 76.9 cm³/mol. The molecular weight excluding hydrogens is 299 g/mol. The molecule has 0 aliphatic carbocycles. The molecule has 0 aromatic heterocycles. The Labute approximate surface area is 127 Å². The van der Waals surface area contributed by atoms with E-state index in [0.29, 0.717) is 5.75 Å². The summed E-state index contributed by atoms with van der Waals surface area (Å²) in [5.41, 5.74) is -2.66.